The second kappa shape index (κ2) is 5.17. The number of carbonyl (C=O) groups is 2. The average Bonchev–Trinajstić information content (AvgIpc) is 2.15. The smallest absolute Gasteiger partial charge is 0.319 e. The van der Waals surface area contributed by atoms with Gasteiger partial charge in [0.05, 0.1) is 0 Å². The van der Waals surface area contributed by atoms with Crippen molar-refractivity contribution in [2.45, 2.75) is 0 Å². The second-order valence-electron chi connectivity index (χ2n) is 2.71. The quantitative estimate of drug-likeness (QED) is 0.748. The van der Waals surface area contributed by atoms with Crippen LogP contribution in [0.4, 0.5) is 4.79 Å². The van der Waals surface area contributed by atoms with Crippen LogP contribution in [0.15, 0.2) is 30.3 Å². The first kappa shape index (κ1) is 11.3. The molecule has 0 saturated heterocycles. The first-order valence-corrected chi connectivity index (χ1v) is 4.50. The highest BCUT2D eigenvalue weighted by Crippen LogP contribution is 2.15. The van der Waals surface area contributed by atoms with E-state index in [1.54, 1.807) is 24.3 Å². The summed E-state index contributed by atoms with van der Waals surface area (Å²) in [6.07, 6.45) is 2.69. The summed E-state index contributed by atoms with van der Waals surface area (Å²) in [5.74, 6) is -0.581. The van der Waals surface area contributed by atoms with Crippen molar-refractivity contribution in [2.24, 2.45) is 5.73 Å². The minimum absolute atomic E-state index is 0.528. The fraction of sp³-hybridized carbons (Fsp3) is 0. The maximum atomic E-state index is 11.0. The van der Waals surface area contributed by atoms with Crippen LogP contribution < -0.4 is 11.1 Å². The highest BCUT2D eigenvalue weighted by Gasteiger charge is 1.99. The normalized spacial score (nSPS) is 10.2. The molecule has 0 aliphatic rings. The van der Waals surface area contributed by atoms with Gasteiger partial charge in [-0.3, -0.25) is 10.1 Å². The van der Waals surface area contributed by atoms with Crippen LogP contribution in [0, 0.1) is 0 Å². The maximum Gasteiger partial charge on any atom is 0.319 e. The van der Waals surface area contributed by atoms with Gasteiger partial charge in [-0.15, -0.1) is 0 Å². The molecule has 0 radical (unpaired) electrons. The summed E-state index contributed by atoms with van der Waals surface area (Å²) in [7, 11) is 0. The van der Waals surface area contributed by atoms with E-state index in [0.29, 0.717) is 10.6 Å². The van der Waals surface area contributed by atoms with Gasteiger partial charge in [0.25, 0.3) is 5.91 Å². The van der Waals surface area contributed by atoms with E-state index >= 15 is 0 Å². The molecule has 0 atom stereocenters. The molecule has 1 aromatic carbocycles. The highest BCUT2D eigenvalue weighted by atomic mass is 35.5. The lowest BCUT2D eigenvalue weighted by Crippen LogP contribution is -2.33. The van der Waals surface area contributed by atoms with Gasteiger partial charge in [0.2, 0.25) is 0 Å². The van der Waals surface area contributed by atoms with Crippen molar-refractivity contribution < 1.29 is 9.59 Å². The zero-order valence-corrected chi connectivity index (χ0v) is 8.49. The molecule has 3 N–H and O–H groups in total. The number of nitrogens with one attached hydrogen (secondary N) is 1. The Morgan fingerprint density at radius 1 is 1.33 bits per heavy atom. The Kier molecular flexibility index (Phi) is 3.88. The van der Waals surface area contributed by atoms with Gasteiger partial charge in [-0.05, 0) is 17.7 Å². The van der Waals surface area contributed by atoms with E-state index in [1.165, 1.54) is 12.2 Å². The van der Waals surface area contributed by atoms with Crippen LogP contribution in [-0.2, 0) is 4.79 Å². The third-order valence-electron chi connectivity index (χ3n) is 1.57. The Morgan fingerprint density at radius 2 is 2.00 bits per heavy atom. The monoisotopic (exact) mass is 224 g/mol. The molecule has 3 amide bonds. The zero-order chi connectivity index (χ0) is 11.3. The second-order valence-corrected chi connectivity index (χ2v) is 3.12. The molecule has 0 aliphatic carbocycles. The van der Waals surface area contributed by atoms with Crippen molar-refractivity contribution >= 4 is 29.6 Å². The molecular formula is C10H9ClN2O2. The van der Waals surface area contributed by atoms with Crippen LogP contribution in [0.3, 0.4) is 0 Å². The lowest BCUT2D eigenvalue weighted by Gasteiger charge is -1.96. The van der Waals surface area contributed by atoms with Crippen molar-refractivity contribution in [2.75, 3.05) is 0 Å². The number of hydrogen-bond acceptors (Lipinski definition) is 2. The van der Waals surface area contributed by atoms with Crippen molar-refractivity contribution in [3.05, 3.63) is 40.9 Å². The van der Waals surface area contributed by atoms with E-state index in [0.717, 1.165) is 0 Å². The molecule has 15 heavy (non-hydrogen) atoms. The summed E-state index contributed by atoms with van der Waals surface area (Å²) in [6, 6.07) is 6.13. The van der Waals surface area contributed by atoms with E-state index in [2.05, 4.69) is 0 Å². The molecule has 0 spiro atoms. The van der Waals surface area contributed by atoms with Crippen LogP contribution in [0.5, 0.6) is 0 Å². The minimum Gasteiger partial charge on any atom is -0.351 e. The molecule has 0 aliphatic heterocycles. The summed E-state index contributed by atoms with van der Waals surface area (Å²) in [6.45, 7) is 0. The topological polar surface area (TPSA) is 72.2 Å². The fourth-order valence-electron chi connectivity index (χ4n) is 0.939. The summed E-state index contributed by atoms with van der Waals surface area (Å²) < 4.78 is 0. The van der Waals surface area contributed by atoms with Crippen molar-refractivity contribution in [1.82, 2.24) is 5.32 Å². The van der Waals surface area contributed by atoms with E-state index in [9.17, 15) is 9.59 Å². The highest BCUT2D eigenvalue weighted by molar-refractivity contribution is 6.32. The first-order valence-electron chi connectivity index (χ1n) is 4.12. The number of imide groups is 1. The van der Waals surface area contributed by atoms with Crippen LogP contribution in [-0.4, -0.2) is 11.9 Å². The van der Waals surface area contributed by atoms with Crippen LogP contribution >= 0.6 is 11.6 Å². The lowest BCUT2D eigenvalue weighted by molar-refractivity contribution is -0.115. The SMILES string of the molecule is NC(=O)NC(=O)C=Cc1ccccc1Cl. The predicted octanol–water partition coefficient (Wildman–Crippen LogP) is 1.55. The number of hydrogen-bond donors (Lipinski definition) is 2. The van der Waals surface area contributed by atoms with Gasteiger partial charge in [-0.1, -0.05) is 29.8 Å². The number of halogens is 1. The Hall–Kier alpha value is -1.81. The van der Waals surface area contributed by atoms with Gasteiger partial charge in [0.15, 0.2) is 0 Å². The van der Waals surface area contributed by atoms with E-state index in [-0.39, 0.29) is 0 Å². The number of benzene rings is 1. The standard InChI is InChI=1S/C10H9ClN2O2/c11-8-4-2-1-3-7(8)5-6-9(14)13-10(12)15/h1-6H,(H3,12,13,14,15). The summed E-state index contributed by atoms with van der Waals surface area (Å²) in [5, 5.41) is 2.43. The van der Waals surface area contributed by atoms with Gasteiger partial charge >= 0.3 is 6.03 Å². The van der Waals surface area contributed by atoms with E-state index < -0.39 is 11.9 Å². The number of amides is 3. The summed E-state index contributed by atoms with van der Waals surface area (Å²) in [5.41, 5.74) is 5.45. The molecule has 0 saturated carbocycles. The Balaban J connectivity index is 2.70. The van der Waals surface area contributed by atoms with Gasteiger partial charge in [0, 0.05) is 11.1 Å². The molecule has 0 unspecified atom stereocenters. The number of nitrogens with two attached hydrogens (primary N) is 1. The lowest BCUT2D eigenvalue weighted by atomic mass is 10.2. The van der Waals surface area contributed by atoms with Crippen LogP contribution in [0.25, 0.3) is 6.08 Å². The fourth-order valence-corrected chi connectivity index (χ4v) is 1.14. The number of carbonyl (C=O) groups excluding carboxylic acids is 2. The molecule has 1 aromatic rings. The molecule has 0 bridgehead atoms. The average molecular weight is 225 g/mol. The Bertz CT molecular complexity index is 416. The number of urea groups is 1. The molecule has 5 heteroatoms. The van der Waals surface area contributed by atoms with Gasteiger partial charge in [-0.25, -0.2) is 4.79 Å². The summed E-state index contributed by atoms with van der Waals surface area (Å²) >= 11 is 5.84. The number of rotatable bonds is 2. The first-order chi connectivity index (χ1) is 7.09. The number of primary amides is 1. The Morgan fingerprint density at radius 3 is 2.60 bits per heavy atom. The van der Waals surface area contributed by atoms with Crippen LogP contribution in [0.2, 0.25) is 5.02 Å². The van der Waals surface area contributed by atoms with E-state index in [1.807, 2.05) is 5.32 Å². The van der Waals surface area contributed by atoms with Crippen molar-refractivity contribution in [1.29, 1.82) is 0 Å². The van der Waals surface area contributed by atoms with Crippen molar-refractivity contribution in [3.8, 4) is 0 Å². The third kappa shape index (κ3) is 3.83. The molecule has 0 aromatic heterocycles. The molecule has 1 rings (SSSR count). The van der Waals surface area contributed by atoms with Gasteiger partial charge in [0.1, 0.15) is 0 Å². The molecular weight excluding hydrogens is 216 g/mol. The van der Waals surface area contributed by atoms with Gasteiger partial charge < -0.3 is 5.73 Å². The Labute approximate surface area is 91.7 Å². The molecule has 78 valence electrons. The predicted molar refractivity (Wildman–Crippen MR) is 58.2 cm³/mol. The third-order valence-corrected chi connectivity index (χ3v) is 1.91. The minimum atomic E-state index is -0.885. The van der Waals surface area contributed by atoms with E-state index in [4.69, 9.17) is 17.3 Å². The largest absolute Gasteiger partial charge is 0.351 e. The van der Waals surface area contributed by atoms with Crippen molar-refractivity contribution in [3.63, 3.8) is 0 Å². The molecule has 0 fully saturated rings. The zero-order valence-electron chi connectivity index (χ0n) is 7.74. The molecule has 4 nitrogen and oxygen atoms in total. The summed E-state index contributed by atoms with van der Waals surface area (Å²) in [4.78, 5) is 21.3. The van der Waals surface area contributed by atoms with Gasteiger partial charge in [-0.2, -0.15) is 0 Å². The van der Waals surface area contributed by atoms with Crippen LogP contribution in [0.1, 0.15) is 5.56 Å². The molecule has 0 heterocycles. The maximum absolute atomic E-state index is 11.0.